The zero-order valence-electron chi connectivity index (χ0n) is 7.70. The van der Waals surface area contributed by atoms with Crippen LogP contribution in [0, 0.1) is 5.92 Å². The molecule has 0 aromatic carbocycles. The predicted molar refractivity (Wildman–Crippen MR) is 49.3 cm³/mol. The summed E-state index contributed by atoms with van der Waals surface area (Å²) in [4.78, 5) is 0. The molecule has 1 rings (SSSR count). The lowest BCUT2D eigenvalue weighted by atomic mass is 10.0. The van der Waals surface area contributed by atoms with Crippen LogP contribution >= 0.6 is 0 Å². The molecule has 0 radical (unpaired) electrons. The normalized spacial score (nSPS) is 19.2. The van der Waals surface area contributed by atoms with E-state index in [1.54, 1.807) is 11.1 Å². The van der Waals surface area contributed by atoms with Crippen molar-refractivity contribution in [2.24, 2.45) is 5.92 Å². The first-order valence-electron chi connectivity index (χ1n) is 4.17. The lowest BCUT2D eigenvalue weighted by Gasteiger charge is -2.12. The van der Waals surface area contributed by atoms with E-state index in [-0.39, 0.29) is 0 Å². The third kappa shape index (κ3) is 1.65. The Labute approximate surface area is 69.2 Å². The summed E-state index contributed by atoms with van der Waals surface area (Å²) in [5.74, 6) is 0.653. The van der Waals surface area contributed by atoms with E-state index in [0.29, 0.717) is 5.92 Å². The van der Waals surface area contributed by atoms with Gasteiger partial charge in [-0.1, -0.05) is 17.7 Å². The second-order valence-electron chi connectivity index (χ2n) is 3.44. The molecular formula is C10H17N. The van der Waals surface area contributed by atoms with Crippen LogP contribution in [0.1, 0.15) is 26.7 Å². The van der Waals surface area contributed by atoms with E-state index in [0.717, 1.165) is 0 Å². The molecule has 0 aromatic rings. The van der Waals surface area contributed by atoms with Crippen LogP contribution in [-0.4, -0.2) is 7.05 Å². The van der Waals surface area contributed by atoms with Crippen molar-refractivity contribution in [1.29, 1.82) is 0 Å². The fourth-order valence-electron chi connectivity index (χ4n) is 1.61. The summed E-state index contributed by atoms with van der Waals surface area (Å²) in [6.45, 7) is 8.43. The summed E-state index contributed by atoms with van der Waals surface area (Å²) in [5.41, 5.74) is 4.28. The highest BCUT2D eigenvalue weighted by molar-refractivity contribution is 5.22. The van der Waals surface area contributed by atoms with Crippen molar-refractivity contribution in [2.45, 2.75) is 26.7 Å². The molecule has 0 unspecified atom stereocenters. The van der Waals surface area contributed by atoms with Gasteiger partial charge in [-0.2, -0.15) is 0 Å². The molecule has 0 saturated carbocycles. The molecule has 0 saturated heterocycles. The number of hydrogen-bond acceptors (Lipinski definition) is 1. The molecule has 1 aliphatic carbocycles. The second-order valence-corrected chi connectivity index (χ2v) is 3.44. The topological polar surface area (TPSA) is 12.0 Å². The second kappa shape index (κ2) is 3.12. The number of rotatable bonds is 2. The van der Waals surface area contributed by atoms with Gasteiger partial charge in [0.05, 0.1) is 0 Å². The summed E-state index contributed by atoms with van der Waals surface area (Å²) in [5, 5.41) is 3.13. The molecular weight excluding hydrogens is 134 g/mol. The van der Waals surface area contributed by atoms with Gasteiger partial charge >= 0.3 is 0 Å². The van der Waals surface area contributed by atoms with Crippen LogP contribution < -0.4 is 5.32 Å². The molecule has 0 fully saturated rings. The van der Waals surface area contributed by atoms with Gasteiger partial charge < -0.3 is 5.32 Å². The maximum Gasteiger partial charge on any atom is 0.00690 e. The first-order valence-corrected chi connectivity index (χ1v) is 4.17. The van der Waals surface area contributed by atoms with Gasteiger partial charge in [0.25, 0.3) is 0 Å². The fraction of sp³-hybridized carbons (Fsp3) is 0.600. The van der Waals surface area contributed by atoms with Gasteiger partial charge in [-0.15, -0.1) is 0 Å². The van der Waals surface area contributed by atoms with Crippen molar-refractivity contribution in [1.82, 2.24) is 5.32 Å². The minimum absolute atomic E-state index is 0.653. The van der Waals surface area contributed by atoms with Crippen LogP contribution in [0.15, 0.2) is 23.4 Å². The Morgan fingerprint density at radius 1 is 1.36 bits per heavy atom. The molecule has 0 aromatic heterocycles. The van der Waals surface area contributed by atoms with E-state index in [9.17, 15) is 0 Å². The van der Waals surface area contributed by atoms with Crippen LogP contribution in [-0.2, 0) is 0 Å². The Kier molecular flexibility index (Phi) is 2.38. The molecule has 0 amide bonds. The zero-order chi connectivity index (χ0) is 8.43. The molecule has 0 heterocycles. The molecule has 1 aliphatic rings. The zero-order valence-corrected chi connectivity index (χ0v) is 7.70. The van der Waals surface area contributed by atoms with Crippen molar-refractivity contribution in [2.75, 3.05) is 7.05 Å². The molecule has 11 heavy (non-hydrogen) atoms. The summed E-state index contributed by atoms with van der Waals surface area (Å²) in [7, 11) is 1.95. The van der Waals surface area contributed by atoms with Crippen LogP contribution in [0.2, 0.25) is 0 Å². The van der Waals surface area contributed by atoms with Gasteiger partial charge in [-0.05, 0) is 26.7 Å². The highest BCUT2D eigenvalue weighted by atomic mass is 14.8. The van der Waals surface area contributed by atoms with Crippen molar-refractivity contribution in [3.8, 4) is 0 Å². The van der Waals surface area contributed by atoms with Gasteiger partial charge in [-0.3, -0.25) is 0 Å². The fourth-order valence-corrected chi connectivity index (χ4v) is 1.61. The van der Waals surface area contributed by atoms with Crippen molar-refractivity contribution < 1.29 is 0 Å². The van der Waals surface area contributed by atoms with Gasteiger partial charge in [-0.25, -0.2) is 0 Å². The highest BCUT2D eigenvalue weighted by Crippen LogP contribution is 2.33. The molecule has 0 spiro atoms. The van der Waals surface area contributed by atoms with Crippen molar-refractivity contribution >= 4 is 0 Å². The molecule has 0 bridgehead atoms. The largest absolute Gasteiger partial charge is 0.392 e. The van der Waals surface area contributed by atoms with Crippen LogP contribution in [0.3, 0.4) is 0 Å². The number of hydrogen-bond donors (Lipinski definition) is 1. The van der Waals surface area contributed by atoms with E-state index < -0.39 is 0 Å². The number of nitrogens with one attached hydrogen (secondary N) is 1. The van der Waals surface area contributed by atoms with E-state index in [4.69, 9.17) is 0 Å². The highest BCUT2D eigenvalue weighted by Gasteiger charge is 2.20. The predicted octanol–water partition coefficient (Wildman–Crippen LogP) is 2.47. The summed E-state index contributed by atoms with van der Waals surface area (Å²) < 4.78 is 0. The van der Waals surface area contributed by atoms with E-state index in [2.05, 4.69) is 25.7 Å². The van der Waals surface area contributed by atoms with Gasteiger partial charge in [0.2, 0.25) is 0 Å². The van der Waals surface area contributed by atoms with Crippen molar-refractivity contribution in [3.63, 3.8) is 0 Å². The van der Waals surface area contributed by atoms with Gasteiger partial charge in [0, 0.05) is 18.7 Å². The average molecular weight is 151 g/mol. The SMILES string of the molecule is C=C(NC)C1CC(C)=C(C)C1. The lowest BCUT2D eigenvalue weighted by molar-refractivity contribution is 0.610. The molecule has 0 aliphatic heterocycles. The molecule has 1 N–H and O–H groups in total. The van der Waals surface area contributed by atoms with E-state index >= 15 is 0 Å². The summed E-state index contributed by atoms with van der Waals surface area (Å²) in [6, 6.07) is 0. The summed E-state index contributed by atoms with van der Waals surface area (Å²) in [6.07, 6.45) is 2.40. The Hall–Kier alpha value is -0.720. The molecule has 62 valence electrons. The minimum Gasteiger partial charge on any atom is -0.392 e. The number of allylic oxidation sites excluding steroid dienone is 3. The minimum atomic E-state index is 0.653. The monoisotopic (exact) mass is 151 g/mol. The lowest BCUT2D eigenvalue weighted by Crippen LogP contribution is -2.12. The molecule has 1 nitrogen and oxygen atoms in total. The van der Waals surface area contributed by atoms with E-state index in [1.165, 1.54) is 18.5 Å². The van der Waals surface area contributed by atoms with Crippen LogP contribution in [0.25, 0.3) is 0 Å². The third-order valence-electron chi connectivity index (χ3n) is 2.65. The maximum atomic E-state index is 3.99. The standard InChI is InChI=1S/C10H17N/c1-7-5-10(6-8(7)2)9(3)11-4/h10-11H,3,5-6H2,1-2,4H3. The third-order valence-corrected chi connectivity index (χ3v) is 2.65. The summed E-state index contributed by atoms with van der Waals surface area (Å²) >= 11 is 0. The smallest absolute Gasteiger partial charge is 0.00690 e. The Bertz CT molecular complexity index is 187. The molecule has 1 heteroatoms. The molecule has 0 atom stereocenters. The quantitative estimate of drug-likeness (QED) is 0.598. The first kappa shape index (κ1) is 8.38. The van der Waals surface area contributed by atoms with Gasteiger partial charge in [0.1, 0.15) is 0 Å². The Morgan fingerprint density at radius 2 is 1.82 bits per heavy atom. The maximum absolute atomic E-state index is 3.99. The van der Waals surface area contributed by atoms with E-state index in [1.807, 2.05) is 7.05 Å². The first-order chi connectivity index (χ1) is 5.15. The average Bonchev–Trinajstić information content (AvgIpc) is 2.31. The van der Waals surface area contributed by atoms with Crippen molar-refractivity contribution in [3.05, 3.63) is 23.4 Å². The van der Waals surface area contributed by atoms with Crippen LogP contribution in [0.4, 0.5) is 0 Å². The Balaban J connectivity index is 2.54. The van der Waals surface area contributed by atoms with Gasteiger partial charge in [0.15, 0.2) is 0 Å². The van der Waals surface area contributed by atoms with Crippen LogP contribution in [0.5, 0.6) is 0 Å². The Morgan fingerprint density at radius 3 is 2.18 bits per heavy atom.